The van der Waals surface area contributed by atoms with E-state index in [-0.39, 0.29) is 24.2 Å². The average Bonchev–Trinajstić information content (AvgIpc) is 3.25. The maximum atomic E-state index is 13.2. The van der Waals surface area contributed by atoms with Crippen LogP contribution in [0.1, 0.15) is 33.0 Å². The molecule has 0 saturated carbocycles. The van der Waals surface area contributed by atoms with E-state index >= 15 is 0 Å². The van der Waals surface area contributed by atoms with E-state index in [1.165, 1.54) is 19.4 Å². The van der Waals surface area contributed by atoms with E-state index in [1.807, 2.05) is 20.8 Å². The number of aryl methyl sites for hydroxylation is 1. The van der Waals surface area contributed by atoms with Gasteiger partial charge in [-0.05, 0) is 25.2 Å². The summed E-state index contributed by atoms with van der Waals surface area (Å²) in [6, 6.07) is -0.629. The van der Waals surface area contributed by atoms with Gasteiger partial charge in [0.1, 0.15) is 24.5 Å². The Labute approximate surface area is 175 Å². The molecule has 1 aromatic heterocycles. The van der Waals surface area contributed by atoms with Crippen molar-refractivity contribution in [1.82, 2.24) is 10.2 Å². The van der Waals surface area contributed by atoms with E-state index in [9.17, 15) is 19.2 Å². The van der Waals surface area contributed by atoms with Crippen LogP contribution in [0.15, 0.2) is 16.7 Å². The summed E-state index contributed by atoms with van der Waals surface area (Å²) >= 11 is 0. The van der Waals surface area contributed by atoms with Crippen molar-refractivity contribution < 1.29 is 33.1 Å². The highest BCUT2D eigenvalue weighted by molar-refractivity contribution is 5.99. The Morgan fingerprint density at radius 3 is 2.53 bits per heavy atom. The summed E-state index contributed by atoms with van der Waals surface area (Å²) in [5.41, 5.74) is 5.30. The predicted octanol–water partition coefficient (Wildman–Crippen LogP) is 1.01. The highest BCUT2D eigenvalue weighted by Gasteiger charge is 2.45. The molecule has 10 nitrogen and oxygen atoms in total. The molecule has 2 rings (SSSR count). The topological polar surface area (TPSA) is 141 Å². The summed E-state index contributed by atoms with van der Waals surface area (Å²) in [7, 11) is 1.38. The normalized spacial score (nSPS) is 20.7. The number of carbonyl (C=O) groups excluding carboxylic acids is 4. The molecule has 1 fully saturated rings. The fraction of sp³-hybridized carbons (Fsp3) is 0.600. The number of nitrogens with one attached hydrogen (secondary N) is 1. The van der Waals surface area contributed by atoms with Crippen LogP contribution in [0.3, 0.4) is 0 Å². The van der Waals surface area contributed by atoms with Crippen molar-refractivity contribution in [3.63, 3.8) is 0 Å². The molecule has 166 valence electrons. The Morgan fingerprint density at radius 1 is 1.33 bits per heavy atom. The van der Waals surface area contributed by atoms with Crippen molar-refractivity contribution in [3.8, 4) is 5.75 Å². The van der Waals surface area contributed by atoms with Crippen LogP contribution < -0.4 is 15.8 Å². The number of Topliss-reactive ketones (excluding diaryl/α,β-unsaturated/α-hetero) is 1. The number of primary amides is 1. The molecule has 0 aliphatic carbocycles. The quantitative estimate of drug-likeness (QED) is 0.635. The Morgan fingerprint density at radius 2 is 2.00 bits per heavy atom. The number of hydrogen-bond acceptors (Lipinski definition) is 7. The highest BCUT2D eigenvalue weighted by Crippen LogP contribution is 2.22. The number of nitrogens with zero attached hydrogens (tertiary/aromatic N) is 1. The van der Waals surface area contributed by atoms with Gasteiger partial charge in [0.2, 0.25) is 11.8 Å². The molecule has 0 radical (unpaired) electrons. The molecule has 2 heterocycles. The SMILES string of the molecule is Cc1occc1OC(=O)N[C@@H](CC(C)C(C)C)C(=O)N(C)C1C(=O)COC1C(N)=O. The summed E-state index contributed by atoms with van der Waals surface area (Å²) in [5.74, 6) is -0.836. The standard InChI is InChI=1S/C20H29N3O7/c1-10(2)11(3)8-13(22-20(27)30-15-6-7-28-12(15)4)19(26)23(5)16-14(24)9-29-17(16)18(21)25/h6-7,10-11,13,16-17H,8-9H2,1-5H3,(H2,21,25)(H,22,27)/t11?,13-,16?,17?/m0/s1. The zero-order valence-electron chi connectivity index (χ0n) is 17.8. The first-order valence-corrected chi connectivity index (χ1v) is 9.75. The lowest BCUT2D eigenvalue weighted by Crippen LogP contribution is -2.56. The van der Waals surface area contributed by atoms with Gasteiger partial charge in [0.05, 0.1) is 6.26 Å². The first kappa shape index (κ1) is 23.4. The van der Waals surface area contributed by atoms with Crippen LogP contribution in [0.5, 0.6) is 5.75 Å². The summed E-state index contributed by atoms with van der Waals surface area (Å²) in [6.07, 6.45) is -0.369. The maximum absolute atomic E-state index is 13.2. The smallest absolute Gasteiger partial charge is 0.413 e. The minimum absolute atomic E-state index is 0.0748. The van der Waals surface area contributed by atoms with E-state index in [0.717, 1.165) is 4.90 Å². The number of furan rings is 1. The third kappa shape index (κ3) is 5.38. The van der Waals surface area contributed by atoms with Crippen LogP contribution in [0, 0.1) is 18.8 Å². The van der Waals surface area contributed by atoms with Crippen LogP contribution in [-0.2, 0) is 19.1 Å². The largest absolute Gasteiger partial charge is 0.466 e. The van der Waals surface area contributed by atoms with Gasteiger partial charge in [0, 0.05) is 13.1 Å². The Bertz CT molecular complexity index is 804. The summed E-state index contributed by atoms with van der Waals surface area (Å²) in [4.78, 5) is 50.5. The number of amides is 3. The van der Waals surface area contributed by atoms with Crippen LogP contribution >= 0.6 is 0 Å². The monoisotopic (exact) mass is 423 g/mol. The van der Waals surface area contributed by atoms with Crippen LogP contribution in [-0.4, -0.2) is 60.4 Å². The lowest BCUT2D eigenvalue weighted by atomic mass is 9.90. The molecule has 3 amide bonds. The molecule has 0 aromatic carbocycles. The van der Waals surface area contributed by atoms with Gasteiger partial charge in [-0.15, -0.1) is 0 Å². The lowest BCUT2D eigenvalue weighted by Gasteiger charge is -2.31. The second kappa shape index (κ2) is 9.75. The van der Waals surface area contributed by atoms with Gasteiger partial charge < -0.3 is 29.8 Å². The van der Waals surface area contributed by atoms with Crippen LogP contribution in [0.4, 0.5) is 4.79 Å². The van der Waals surface area contributed by atoms with Gasteiger partial charge in [0.15, 0.2) is 17.6 Å². The fourth-order valence-electron chi connectivity index (χ4n) is 3.17. The summed E-state index contributed by atoms with van der Waals surface area (Å²) in [6.45, 7) is 7.28. The highest BCUT2D eigenvalue weighted by atomic mass is 16.6. The number of ether oxygens (including phenoxy) is 2. The molecular weight excluding hydrogens is 394 g/mol. The van der Waals surface area contributed by atoms with E-state index in [0.29, 0.717) is 12.2 Å². The predicted molar refractivity (Wildman–Crippen MR) is 106 cm³/mol. The first-order chi connectivity index (χ1) is 14.0. The van der Waals surface area contributed by atoms with Crippen molar-refractivity contribution in [2.45, 2.75) is 52.3 Å². The Balaban J connectivity index is 2.19. The third-order valence-electron chi connectivity index (χ3n) is 5.42. The summed E-state index contributed by atoms with van der Waals surface area (Å²) in [5, 5.41) is 2.57. The maximum Gasteiger partial charge on any atom is 0.413 e. The average molecular weight is 423 g/mol. The minimum atomic E-state index is -1.23. The molecule has 1 aromatic rings. The Kier molecular flexibility index (Phi) is 7.60. The second-order valence-corrected chi connectivity index (χ2v) is 7.88. The first-order valence-electron chi connectivity index (χ1n) is 9.75. The number of rotatable bonds is 8. The summed E-state index contributed by atoms with van der Waals surface area (Å²) < 4.78 is 15.4. The van der Waals surface area contributed by atoms with E-state index in [2.05, 4.69) is 5.32 Å². The second-order valence-electron chi connectivity index (χ2n) is 7.88. The molecule has 1 aliphatic rings. The third-order valence-corrected chi connectivity index (χ3v) is 5.42. The van der Waals surface area contributed by atoms with Crippen molar-refractivity contribution in [2.24, 2.45) is 17.6 Å². The van der Waals surface area contributed by atoms with E-state index in [4.69, 9.17) is 19.6 Å². The number of carbonyl (C=O) groups is 4. The van der Waals surface area contributed by atoms with Crippen LogP contribution in [0.2, 0.25) is 0 Å². The zero-order valence-corrected chi connectivity index (χ0v) is 17.8. The molecule has 10 heteroatoms. The van der Waals surface area contributed by atoms with Crippen molar-refractivity contribution in [1.29, 1.82) is 0 Å². The number of ketones is 1. The van der Waals surface area contributed by atoms with Crippen molar-refractivity contribution >= 4 is 23.7 Å². The van der Waals surface area contributed by atoms with E-state index in [1.54, 1.807) is 6.92 Å². The fourth-order valence-corrected chi connectivity index (χ4v) is 3.17. The van der Waals surface area contributed by atoms with Crippen molar-refractivity contribution in [2.75, 3.05) is 13.7 Å². The number of nitrogens with two attached hydrogens (primary N) is 1. The van der Waals surface area contributed by atoms with Crippen molar-refractivity contribution in [3.05, 3.63) is 18.1 Å². The van der Waals surface area contributed by atoms with Gasteiger partial charge >= 0.3 is 6.09 Å². The molecule has 0 spiro atoms. The van der Waals surface area contributed by atoms with Gasteiger partial charge in [-0.1, -0.05) is 20.8 Å². The Hall–Kier alpha value is -2.88. The molecular formula is C20H29N3O7. The molecule has 3 unspecified atom stereocenters. The van der Waals surface area contributed by atoms with Crippen LogP contribution in [0.25, 0.3) is 0 Å². The van der Waals surface area contributed by atoms with Gasteiger partial charge in [-0.25, -0.2) is 4.79 Å². The van der Waals surface area contributed by atoms with Gasteiger partial charge in [-0.3, -0.25) is 14.4 Å². The molecule has 30 heavy (non-hydrogen) atoms. The lowest BCUT2D eigenvalue weighted by molar-refractivity contribution is -0.141. The molecule has 4 atom stereocenters. The molecule has 3 N–H and O–H groups in total. The zero-order chi connectivity index (χ0) is 22.6. The minimum Gasteiger partial charge on any atom is -0.466 e. The number of likely N-dealkylation sites (N-methyl/N-ethyl adjacent to an activating group) is 1. The van der Waals surface area contributed by atoms with Gasteiger partial charge in [-0.2, -0.15) is 0 Å². The molecule has 1 saturated heterocycles. The molecule has 1 aliphatic heterocycles. The molecule has 0 bridgehead atoms. The number of hydrogen-bond donors (Lipinski definition) is 2. The van der Waals surface area contributed by atoms with E-state index < -0.39 is 41.9 Å². The van der Waals surface area contributed by atoms with Gasteiger partial charge in [0.25, 0.3) is 0 Å².